The number of aromatic nitrogens is 3. The van der Waals surface area contributed by atoms with E-state index in [1.54, 1.807) is 13.0 Å². The lowest BCUT2D eigenvalue weighted by atomic mass is 10.4. The van der Waals surface area contributed by atoms with Crippen molar-refractivity contribution >= 4 is 10.0 Å². The van der Waals surface area contributed by atoms with E-state index in [4.69, 9.17) is 9.63 Å². The Kier molecular flexibility index (Phi) is 3.45. The Hall–Kier alpha value is -1.71. The predicted octanol–water partition coefficient (Wildman–Crippen LogP) is -0.323. The third-order valence-electron chi connectivity index (χ3n) is 2.23. The van der Waals surface area contributed by atoms with Crippen LogP contribution in [0.5, 0.6) is 0 Å². The molecule has 2 rings (SSSR count). The van der Waals surface area contributed by atoms with Gasteiger partial charge in [-0.2, -0.15) is 5.10 Å². The van der Waals surface area contributed by atoms with Crippen LogP contribution in [0.15, 0.2) is 21.8 Å². The topological polar surface area (TPSA) is 121 Å². The van der Waals surface area contributed by atoms with Gasteiger partial charge in [0.1, 0.15) is 0 Å². The third-order valence-corrected chi connectivity index (χ3v) is 3.65. The Labute approximate surface area is 103 Å². The number of nitrogens with zero attached hydrogens (tertiary/aromatic N) is 2. The lowest BCUT2D eigenvalue weighted by molar-refractivity contribution is 0.278. The van der Waals surface area contributed by atoms with Gasteiger partial charge < -0.3 is 9.63 Å². The third kappa shape index (κ3) is 2.58. The molecule has 0 saturated heterocycles. The molecule has 0 aromatic carbocycles. The number of H-pyrrole nitrogens is 1. The summed E-state index contributed by atoms with van der Waals surface area (Å²) in [5.74, 6) is 0.404. The summed E-state index contributed by atoms with van der Waals surface area (Å²) in [7, 11) is -3.76. The highest BCUT2D eigenvalue weighted by atomic mass is 32.2. The Morgan fingerprint density at radius 2 is 2.33 bits per heavy atom. The van der Waals surface area contributed by atoms with Gasteiger partial charge in [0.05, 0.1) is 25.0 Å². The van der Waals surface area contributed by atoms with Gasteiger partial charge in [0, 0.05) is 11.6 Å². The van der Waals surface area contributed by atoms with E-state index < -0.39 is 16.6 Å². The van der Waals surface area contributed by atoms with E-state index in [9.17, 15) is 8.42 Å². The summed E-state index contributed by atoms with van der Waals surface area (Å²) in [5.41, 5.74) is 0.873. The maximum Gasteiger partial charge on any atom is 0.258 e. The molecule has 0 bridgehead atoms. The number of aromatic amines is 1. The van der Waals surface area contributed by atoms with Gasteiger partial charge in [0.15, 0.2) is 10.8 Å². The van der Waals surface area contributed by atoms with E-state index in [-0.39, 0.29) is 17.1 Å². The summed E-state index contributed by atoms with van der Waals surface area (Å²) in [4.78, 5) is 0. The second-order valence-corrected chi connectivity index (χ2v) is 5.35. The first-order valence-electron chi connectivity index (χ1n) is 5.08. The number of aryl methyl sites for hydroxylation is 1. The van der Waals surface area contributed by atoms with Crippen LogP contribution in [-0.2, 0) is 23.2 Å². The second kappa shape index (κ2) is 4.88. The molecule has 0 aliphatic carbocycles. The minimum atomic E-state index is -3.76. The Morgan fingerprint density at radius 3 is 2.94 bits per heavy atom. The fourth-order valence-corrected chi connectivity index (χ4v) is 2.49. The molecule has 8 nitrogen and oxygen atoms in total. The van der Waals surface area contributed by atoms with Crippen molar-refractivity contribution in [1.29, 1.82) is 0 Å². The molecule has 2 heterocycles. The standard InChI is InChI=1S/C9H12N4O4S/c1-6-2-8(17-13-6)4-11-18(15,16)9-7(5-14)3-10-12-9/h2-3,11,14H,4-5H2,1H3,(H,10,12). The van der Waals surface area contributed by atoms with Gasteiger partial charge in [0.2, 0.25) is 0 Å². The smallest absolute Gasteiger partial charge is 0.258 e. The highest BCUT2D eigenvalue weighted by Crippen LogP contribution is 2.12. The van der Waals surface area contributed by atoms with Crippen molar-refractivity contribution in [2.75, 3.05) is 0 Å². The van der Waals surface area contributed by atoms with E-state index in [1.165, 1.54) is 6.20 Å². The minimum Gasteiger partial charge on any atom is -0.392 e. The van der Waals surface area contributed by atoms with Gasteiger partial charge in [-0.3, -0.25) is 5.10 Å². The van der Waals surface area contributed by atoms with Gasteiger partial charge in [0.25, 0.3) is 10.0 Å². The molecule has 0 saturated carbocycles. The summed E-state index contributed by atoms with van der Waals surface area (Å²) in [6.07, 6.45) is 1.26. The van der Waals surface area contributed by atoms with Gasteiger partial charge >= 0.3 is 0 Å². The molecule has 0 aliphatic rings. The molecule has 0 amide bonds. The summed E-state index contributed by atoms with van der Waals surface area (Å²) in [6, 6.07) is 1.63. The Bertz CT molecular complexity index is 631. The largest absolute Gasteiger partial charge is 0.392 e. The van der Waals surface area contributed by atoms with Crippen molar-refractivity contribution in [3.8, 4) is 0 Å². The van der Waals surface area contributed by atoms with Crippen molar-refractivity contribution in [3.05, 3.63) is 29.3 Å². The van der Waals surface area contributed by atoms with Crippen LogP contribution in [0, 0.1) is 6.92 Å². The van der Waals surface area contributed by atoms with Crippen molar-refractivity contribution in [1.82, 2.24) is 20.1 Å². The first-order chi connectivity index (χ1) is 8.53. The monoisotopic (exact) mass is 272 g/mol. The van der Waals surface area contributed by atoms with Crippen LogP contribution in [0.1, 0.15) is 17.0 Å². The van der Waals surface area contributed by atoms with E-state index in [0.29, 0.717) is 11.5 Å². The predicted molar refractivity (Wildman–Crippen MR) is 59.8 cm³/mol. The maximum atomic E-state index is 11.9. The molecule has 0 atom stereocenters. The van der Waals surface area contributed by atoms with E-state index in [0.717, 1.165) is 0 Å². The van der Waals surface area contributed by atoms with Crippen LogP contribution in [0.25, 0.3) is 0 Å². The van der Waals surface area contributed by atoms with Gasteiger partial charge in [-0.25, -0.2) is 13.1 Å². The molecule has 0 fully saturated rings. The second-order valence-electron chi connectivity index (χ2n) is 3.64. The van der Waals surface area contributed by atoms with Crippen LogP contribution in [0.4, 0.5) is 0 Å². The Balaban J connectivity index is 2.13. The molecule has 2 aromatic rings. The molecule has 0 unspecified atom stereocenters. The number of rotatable bonds is 5. The van der Waals surface area contributed by atoms with E-state index in [1.807, 2.05) is 0 Å². The SMILES string of the molecule is Cc1cc(CNS(=O)(=O)c2[nH]ncc2CO)on1. The fourth-order valence-electron chi connectivity index (χ4n) is 1.38. The van der Waals surface area contributed by atoms with Crippen LogP contribution in [0.3, 0.4) is 0 Å². The van der Waals surface area contributed by atoms with E-state index in [2.05, 4.69) is 20.1 Å². The van der Waals surface area contributed by atoms with E-state index >= 15 is 0 Å². The maximum absolute atomic E-state index is 11.9. The van der Waals surface area contributed by atoms with Crippen LogP contribution in [-0.4, -0.2) is 28.9 Å². The molecule has 18 heavy (non-hydrogen) atoms. The lowest BCUT2D eigenvalue weighted by Gasteiger charge is -2.03. The van der Waals surface area contributed by atoms with Crippen molar-refractivity contribution < 1.29 is 18.0 Å². The average molecular weight is 272 g/mol. The van der Waals surface area contributed by atoms with Gasteiger partial charge in [-0.05, 0) is 6.92 Å². The molecular weight excluding hydrogens is 260 g/mol. The van der Waals surface area contributed by atoms with Crippen LogP contribution < -0.4 is 4.72 Å². The van der Waals surface area contributed by atoms with Crippen molar-refractivity contribution in [3.63, 3.8) is 0 Å². The fraction of sp³-hybridized carbons (Fsp3) is 0.333. The highest BCUT2D eigenvalue weighted by molar-refractivity contribution is 7.89. The molecule has 0 aliphatic heterocycles. The normalized spacial score (nSPS) is 11.9. The Morgan fingerprint density at radius 1 is 1.56 bits per heavy atom. The zero-order valence-electron chi connectivity index (χ0n) is 9.54. The van der Waals surface area contributed by atoms with Crippen LogP contribution in [0.2, 0.25) is 0 Å². The molecule has 0 radical (unpaired) electrons. The lowest BCUT2D eigenvalue weighted by Crippen LogP contribution is -2.24. The average Bonchev–Trinajstić information content (AvgIpc) is 2.95. The summed E-state index contributed by atoms with van der Waals surface area (Å²) in [6.45, 7) is 1.31. The first kappa shape index (κ1) is 12.7. The van der Waals surface area contributed by atoms with Crippen LogP contribution >= 0.6 is 0 Å². The number of aliphatic hydroxyl groups is 1. The molecule has 98 valence electrons. The van der Waals surface area contributed by atoms with Crippen molar-refractivity contribution in [2.24, 2.45) is 0 Å². The zero-order valence-corrected chi connectivity index (χ0v) is 10.4. The number of hydrogen-bond donors (Lipinski definition) is 3. The number of sulfonamides is 1. The first-order valence-corrected chi connectivity index (χ1v) is 6.56. The molecule has 3 N–H and O–H groups in total. The summed E-state index contributed by atoms with van der Waals surface area (Å²) < 4.78 is 31.0. The molecule has 2 aromatic heterocycles. The van der Waals surface area contributed by atoms with Gasteiger partial charge in [-0.1, -0.05) is 5.16 Å². The number of nitrogens with one attached hydrogen (secondary N) is 2. The minimum absolute atomic E-state index is 0.0208. The van der Waals surface area contributed by atoms with Gasteiger partial charge in [-0.15, -0.1) is 0 Å². The highest BCUT2D eigenvalue weighted by Gasteiger charge is 2.20. The molecule has 9 heteroatoms. The number of hydrogen-bond acceptors (Lipinski definition) is 6. The summed E-state index contributed by atoms with van der Waals surface area (Å²) in [5, 5.41) is 18.4. The molecular formula is C9H12N4O4S. The van der Waals surface area contributed by atoms with Crippen molar-refractivity contribution in [2.45, 2.75) is 25.1 Å². The zero-order chi connectivity index (χ0) is 13.2. The quantitative estimate of drug-likeness (QED) is 0.685. The summed E-state index contributed by atoms with van der Waals surface area (Å²) >= 11 is 0. The number of aliphatic hydroxyl groups excluding tert-OH is 1. The molecule has 0 spiro atoms.